The van der Waals surface area contributed by atoms with Gasteiger partial charge in [-0.2, -0.15) is 0 Å². The Morgan fingerprint density at radius 2 is 2.00 bits per heavy atom. The highest BCUT2D eigenvalue weighted by atomic mass is 16.6. The predicted molar refractivity (Wildman–Crippen MR) is 20.9 cm³/mol. The number of hydrogen-bond acceptors (Lipinski definition) is 3. The predicted octanol–water partition coefficient (Wildman–Crippen LogP) is -0.984. The second kappa shape index (κ2) is 1.54. The highest BCUT2D eigenvalue weighted by molar-refractivity contribution is 6.54. The Balaban J connectivity index is 3.57. The van der Waals surface area contributed by atoms with Crippen molar-refractivity contribution in [2.45, 2.75) is 0 Å². The van der Waals surface area contributed by atoms with Crippen LogP contribution in [0.2, 0.25) is 0 Å². The number of amides is 1. The highest BCUT2D eigenvalue weighted by Gasteiger charge is 2.00. The summed E-state index contributed by atoms with van der Waals surface area (Å²) in [6.07, 6.45) is 0. The van der Waals surface area contributed by atoms with E-state index in [-0.39, 0.29) is 0 Å². The van der Waals surface area contributed by atoms with Crippen molar-refractivity contribution in [3.63, 3.8) is 0 Å². The Morgan fingerprint density at radius 3 is 2.00 bits per heavy atom. The zero-order chi connectivity index (χ0) is 5.15. The maximum atomic E-state index is 9.44. The molecule has 0 aromatic carbocycles. The molecule has 0 radical (unpaired) electrons. The van der Waals surface area contributed by atoms with Crippen molar-refractivity contribution >= 4 is 13.7 Å². The summed E-state index contributed by atoms with van der Waals surface area (Å²) < 4.78 is 0. The number of hydrogen-bond donors (Lipinski definition) is 0. The van der Waals surface area contributed by atoms with Gasteiger partial charge in [0.25, 0.3) is 7.85 Å². The molecule has 6 heavy (non-hydrogen) atoms. The second-order valence-corrected chi connectivity index (χ2v) is 0.776. The number of rotatable bonds is 0. The lowest BCUT2D eigenvalue weighted by Crippen LogP contribution is -2.06. The van der Waals surface area contributed by atoms with Crippen LogP contribution in [0.4, 0.5) is 4.79 Å². The minimum absolute atomic E-state index is 0.903. The van der Waals surface area contributed by atoms with Crippen molar-refractivity contribution in [1.82, 2.24) is 0 Å². The molecule has 0 aliphatic carbocycles. The van der Waals surface area contributed by atoms with Gasteiger partial charge in [-0.05, 0) is 0 Å². The first-order valence-corrected chi connectivity index (χ1v) is 1.29. The summed E-state index contributed by atoms with van der Waals surface area (Å²) in [4.78, 5) is 17.6. The smallest absolute Gasteiger partial charge is 0.257 e. The van der Waals surface area contributed by atoms with E-state index >= 15 is 0 Å². The summed E-state index contributed by atoms with van der Waals surface area (Å²) >= 11 is 0. The van der Waals surface area contributed by atoms with Crippen LogP contribution >= 0.6 is 0 Å². The number of nitro groups is 1. The van der Waals surface area contributed by atoms with Crippen LogP contribution in [0.5, 0.6) is 0 Å². The average Bonchev–Trinajstić information content (AvgIpc) is 1.36. The monoisotopic (exact) mass is 87.0 g/mol. The lowest BCUT2D eigenvalue weighted by molar-refractivity contribution is -0.362. The van der Waals surface area contributed by atoms with Crippen molar-refractivity contribution in [2.75, 3.05) is 0 Å². The number of nitrogens with zero attached hydrogens (tertiary/aromatic N) is 1. The molecule has 1 amide bonds. The summed E-state index contributed by atoms with van der Waals surface area (Å²) in [7, 11) is 0.903. The third kappa shape index (κ3) is 1.45. The normalized spacial score (nSPS) is 7.33. The molecular weight excluding hydrogens is 84.8 g/mol. The van der Waals surface area contributed by atoms with Gasteiger partial charge in [-0.25, -0.2) is 4.79 Å². The zero-order valence-corrected chi connectivity index (χ0v) is 3.17. The van der Waals surface area contributed by atoms with Crippen LogP contribution in [0.15, 0.2) is 0 Å². The summed E-state index contributed by atoms with van der Waals surface area (Å²) in [5.74, 6) is -1.02. The van der Waals surface area contributed by atoms with E-state index < -0.39 is 10.7 Å². The van der Waals surface area contributed by atoms with Crippen LogP contribution in [0.25, 0.3) is 0 Å². The molecule has 0 aromatic heterocycles. The van der Waals surface area contributed by atoms with Gasteiger partial charge in [0, 0.05) is 0 Å². The molecule has 0 saturated carbocycles. The molecule has 0 fully saturated rings. The van der Waals surface area contributed by atoms with Crippen molar-refractivity contribution in [3.8, 4) is 0 Å². The lowest BCUT2D eigenvalue weighted by Gasteiger charge is -1.72. The van der Waals surface area contributed by atoms with Crippen LogP contribution in [0.1, 0.15) is 0 Å². The number of carbonyl (C=O) groups is 1. The maximum Gasteiger partial charge on any atom is 0.375 e. The average molecular weight is 86.8 g/mol. The first kappa shape index (κ1) is 5.13. The van der Waals surface area contributed by atoms with Gasteiger partial charge in [-0.15, -0.1) is 0 Å². The zero-order valence-electron chi connectivity index (χ0n) is 3.17. The maximum absolute atomic E-state index is 9.44. The third-order valence-corrected chi connectivity index (χ3v) is 0.257. The fourth-order valence-corrected chi connectivity index (χ4v) is 0. The number of carbonyl (C=O) groups excluding carboxylic acids is 1. The van der Waals surface area contributed by atoms with Gasteiger partial charge in [0.2, 0.25) is 0 Å². The fourth-order valence-electron chi connectivity index (χ4n) is 0. The second-order valence-electron chi connectivity index (χ2n) is 0.776. The molecule has 0 heterocycles. The van der Waals surface area contributed by atoms with Crippen LogP contribution in [0, 0.1) is 10.1 Å². The van der Waals surface area contributed by atoms with E-state index in [4.69, 9.17) is 10.1 Å². The van der Waals surface area contributed by atoms with Crippen molar-refractivity contribution in [3.05, 3.63) is 10.1 Å². The molecule has 0 atom stereocenters. The molecule has 32 valence electrons. The van der Waals surface area contributed by atoms with Crippen LogP contribution < -0.4 is 0 Å². The van der Waals surface area contributed by atoms with Gasteiger partial charge in [-0.3, -0.25) is 10.1 Å². The Bertz CT molecular complexity index is 76.8. The first-order chi connectivity index (χ1) is 2.64. The van der Waals surface area contributed by atoms with Gasteiger partial charge >= 0.3 is 5.81 Å². The Morgan fingerprint density at radius 1 is 1.83 bits per heavy atom. The molecule has 0 aromatic rings. The lowest BCUT2D eigenvalue weighted by atomic mass is 10.1. The van der Waals surface area contributed by atoms with Gasteiger partial charge in [0.05, 0.1) is 4.92 Å². The quantitative estimate of drug-likeness (QED) is 0.216. The van der Waals surface area contributed by atoms with Crippen LogP contribution in [-0.2, 0) is 0 Å². The summed E-state index contributed by atoms with van der Waals surface area (Å²) in [5, 5.41) is 9.16. The minimum Gasteiger partial charge on any atom is -0.257 e. The largest absolute Gasteiger partial charge is 0.375 e. The van der Waals surface area contributed by atoms with Gasteiger partial charge in [-0.1, -0.05) is 0 Å². The van der Waals surface area contributed by atoms with Gasteiger partial charge < -0.3 is 0 Å². The van der Waals surface area contributed by atoms with E-state index in [9.17, 15) is 4.79 Å². The summed E-state index contributed by atoms with van der Waals surface area (Å²) in [6, 6.07) is 0. The molecule has 0 unspecified atom stereocenters. The molecule has 0 aliphatic heterocycles. The molecule has 0 rings (SSSR count). The molecule has 0 saturated heterocycles. The summed E-state index contributed by atoms with van der Waals surface area (Å²) in [5.41, 5.74) is 0. The van der Waals surface area contributed by atoms with Crippen molar-refractivity contribution in [2.24, 2.45) is 0 Å². The van der Waals surface area contributed by atoms with Gasteiger partial charge in [0.15, 0.2) is 0 Å². The highest BCUT2D eigenvalue weighted by Crippen LogP contribution is 1.63. The third-order valence-electron chi connectivity index (χ3n) is 0.257. The van der Waals surface area contributed by atoms with Crippen molar-refractivity contribution < 1.29 is 9.72 Å². The Hall–Kier alpha value is -0.865. The molecule has 0 N–H and O–H groups in total. The first-order valence-electron chi connectivity index (χ1n) is 1.29. The van der Waals surface area contributed by atoms with E-state index in [2.05, 4.69) is 0 Å². The molecule has 0 aliphatic rings. The van der Waals surface area contributed by atoms with Gasteiger partial charge in [0.1, 0.15) is 0 Å². The molecule has 5 heteroatoms. The van der Waals surface area contributed by atoms with Crippen molar-refractivity contribution in [1.29, 1.82) is 0 Å². The molecule has 0 spiro atoms. The fraction of sp³-hybridized carbons (Fsp3) is 0. The van der Waals surface area contributed by atoms with E-state index in [1.165, 1.54) is 0 Å². The molecule has 4 nitrogen and oxygen atoms in total. The van der Waals surface area contributed by atoms with E-state index in [0.717, 1.165) is 7.85 Å². The Kier molecular flexibility index (Phi) is 1.32. The summed E-state index contributed by atoms with van der Waals surface area (Å²) in [6.45, 7) is 0. The van der Waals surface area contributed by atoms with E-state index in [0.29, 0.717) is 0 Å². The topological polar surface area (TPSA) is 60.2 Å². The SMILES string of the molecule is BC(=O)[N+](=O)[O-]. The Labute approximate surface area is 34.7 Å². The van der Waals surface area contributed by atoms with E-state index in [1.807, 2.05) is 0 Å². The molecular formula is CH2BNO3. The van der Waals surface area contributed by atoms with Crippen LogP contribution in [-0.4, -0.2) is 18.6 Å². The standard InChI is InChI=1S/CH2BNO3/c2-1(4)3(5)6/h2H2. The minimum atomic E-state index is -1.02. The van der Waals surface area contributed by atoms with Crippen LogP contribution in [0.3, 0.4) is 0 Å². The van der Waals surface area contributed by atoms with E-state index in [1.54, 1.807) is 0 Å². The molecule has 0 bridgehead atoms.